The number of H-pyrrole nitrogens is 1. The number of alkyl halides is 3. The van der Waals surface area contributed by atoms with E-state index >= 15 is 0 Å². The first-order valence-corrected chi connectivity index (χ1v) is 18.3. The summed E-state index contributed by atoms with van der Waals surface area (Å²) in [5, 5.41) is 4.32. The third kappa shape index (κ3) is 13.5. The summed E-state index contributed by atoms with van der Waals surface area (Å²) >= 11 is -0.0397. The molecule has 2 aromatic heterocycles. The second kappa shape index (κ2) is 18.1. The van der Waals surface area contributed by atoms with Crippen LogP contribution in [0.4, 0.5) is 13.2 Å². The van der Waals surface area contributed by atoms with Crippen LogP contribution in [-0.4, -0.2) is 45.1 Å². The van der Waals surface area contributed by atoms with E-state index in [9.17, 15) is 18.0 Å². The molecule has 2 aromatic carbocycles. The molecule has 0 unspecified atom stereocenters. The van der Waals surface area contributed by atoms with Crippen LogP contribution in [0.1, 0.15) is 96.2 Å². The highest BCUT2D eigenvalue weighted by Gasteiger charge is 2.30. The highest BCUT2D eigenvalue weighted by molar-refractivity contribution is 8.00. The van der Waals surface area contributed by atoms with Crippen LogP contribution in [0.3, 0.4) is 0 Å². The van der Waals surface area contributed by atoms with Crippen LogP contribution in [0.5, 0.6) is 0 Å². The number of fused-ring (bicyclic) bond motifs is 1. The van der Waals surface area contributed by atoms with E-state index in [1.165, 1.54) is 0 Å². The smallest absolute Gasteiger partial charge is 0.370 e. The quantitative estimate of drug-likeness (QED) is 0.0309. The lowest BCUT2D eigenvalue weighted by molar-refractivity contribution is -0.0328. The molecule has 52 heavy (non-hydrogen) atoms. The van der Waals surface area contributed by atoms with Gasteiger partial charge >= 0.3 is 11.2 Å². The number of aliphatic imine (C=N–C) groups is 1. The van der Waals surface area contributed by atoms with Crippen molar-refractivity contribution in [1.82, 2.24) is 19.9 Å². The molecular formula is C39H55F3N8OS. The minimum atomic E-state index is -4.25. The van der Waals surface area contributed by atoms with Crippen LogP contribution in [0.2, 0.25) is 0 Å². The van der Waals surface area contributed by atoms with Gasteiger partial charge in [-0.15, -0.1) is 6.58 Å². The number of aromatic nitrogens is 3. The number of nitrogens with two attached hydrogens (primary N) is 3. The predicted molar refractivity (Wildman–Crippen MR) is 210 cm³/mol. The second-order valence-electron chi connectivity index (χ2n) is 15.1. The van der Waals surface area contributed by atoms with Crippen molar-refractivity contribution in [3.05, 3.63) is 100 Å². The van der Waals surface area contributed by atoms with Crippen LogP contribution >= 0.6 is 11.8 Å². The Hall–Kier alpha value is -4.07. The average Bonchev–Trinajstić information content (AvgIpc) is 3.45. The van der Waals surface area contributed by atoms with Crippen molar-refractivity contribution in [2.45, 2.75) is 107 Å². The van der Waals surface area contributed by atoms with Crippen molar-refractivity contribution in [1.29, 1.82) is 0 Å². The Balaban J connectivity index is 0.000000304. The van der Waals surface area contributed by atoms with E-state index in [0.29, 0.717) is 12.2 Å². The molecule has 0 saturated heterocycles. The Labute approximate surface area is 309 Å². The standard InChI is InChI=1S/C23H31N7O.C16H24F3NS/c1-5-18(26-11-6-12-27-21(24)25)15-7-9-17(10-8-15)30-14-16-13-19(23(2,3)4)28-20(16)29-22(30)31;1-11(20)6-5-7-12-8-13(15(2,3)4)10-14(9-12)21-16(17,18)19/h5,7-10,13-14,18,26H,1,6,11-12H2,2-4H3,(H4,24,25,27)(H,28,29,31);8-11H,5-7,20H2,1-4H3/t18-;11-/m00/s1. The van der Waals surface area contributed by atoms with Crippen molar-refractivity contribution in [3.8, 4) is 5.69 Å². The average molecular weight is 741 g/mol. The van der Waals surface area contributed by atoms with Crippen molar-refractivity contribution in [2.24, 2.45) is 22.2 Å². The lowest BCUT2D eigenvalue weighted by Gasteiger charge is -2.21. The monoisotopic (exact) mass is 740 g/mol. The lowest BCUT2D eigenvalue weighted by atomic mass is 9.85. The summed E-state index contributed by atoms with van der Waals surface area (Å²) in [6.45, 7) is 19.6. The molecule has 2 atom stereocenters. The number of hydrogen-bond donors (Lipinski definition) is 5. The summed E-state index contributed by atoms with van der Waals surface area (Å²) in [6, 6.07) is 15.3. The van der Waals surface area contributed by atoms with Gasteiger partial charge < -0.3 is 27.5 Å². The van der Waals surface area contributed by atoms with Gasteiger partial charge in [-0.25, -0.2) is 4.79 Å². The third-order valence-corrected chi connectivity index (χ3v) is 8.97. The fourth-order valence-corrected chi connectivity index (χ4v) is 6.03. The number of rotatable bonds is 13. The van der Waals surface area contributed by atoms with Crippen LogP contribution < -0.4 is 28.2 Å². The lowest BCUT2D eigenvalue weighted by Crippen LogP contribution is -2.24. The van der Waals surface area contributed by atoms with Gasteiger partial charge in [0, 0.05) is 40.2 Å². The molecule has 8 N–H and O–H groups in total. The molecule has 4 aromatic rings. The molecule has 2 heterocycles. The molecule has 0 saturated carbocycles. The van der Waals surface area contributed by atoms with Crippen molar-refractivity contribution in [3.63, 3.8) is 0 Å². The van der Waals surface area contributed by atoms with Crippen molar-refractivity contribution in [2.75, 3.05) is 13.1 Å². The van der Waals surface area contributed by atoms with Crippen molar-refractivity contribution >= 4 is 28.8 Å². The first-order valence-electron chi connectivity index (χ1n) is 17.5. The minimum Gasteiger partial charge on any atom is -0.370 e. The SMILES string of the molecule is C=C[C@H](NCCCN=C(N)N)c1ccc(-n2cc3cc(C(C)(C)C)[nH]c3nc2=O)cc1.C[C@H](N)CCCc1cc(SC(F)(F)F)cc(C(C)(C)C)c1. The van der Waals surface area contributed by atoms with E-state index in [0.717, 1.165) is 65.7 Å². The first-order chi connectivity index (χ1) is 24.2. The van der Waals surface area contributed by atoms with E-state index < -0.39 is 5.51 Å². The Morgan fingerprint density at radius 3 is 2.27 bits per heavy atom. The first kappa shape index (κ1) is 42.3. The molecule has 0 radical (unpaired) electrons. The zero-order valence-corrected chi connectivity index (χ0v) is 32.2. The Bertz CT molecular complexity index is 1850. The fourth-order valence-electron chi connectivity index (χ4n) is 5.37. The van der Waals surface area contributed by atoms with Crippen LogP contribution in [-0.2, 0) is 17.3 Å². The van der Waals surface area contributed by atoms with Crippen LogP contribution in [0.25, 0.3) is 16.7 Å². The molecule has 0 spiro atoms. The van der Waals surface area contributed by atoms with Gasteiger partial charge in [0.2, 0.25) is 0 Å². The normalized spacial score (nSPS) is 13.3. The molecule has 0 bridgehead atoms. The molecule has 4 rings (SSSR count). The Kier molecular flexibility index (Phi) is 14.7. The van der Waals surface area contributed by atoms with E-state index in [-0.39, 0.29) is 51.2 Å². The number of aryl methyl sites for hydroxylation is 1. The number of halogens is 3. The van der Waals surface area contributed by atoms with E-state index in [2.05, 4.69) is 47.6 Å². The van der Waals surface area contributed by atoms with E-state index in [4.69, 9.17) is 17.2 Å². The maximum atomic E-state index is 12.6. The largest absolute Gasteiger partial charge is 0.446 e. The number of aromatic amines is 1. The van der Waals surface area contributed by atoms with Gasteiger partial charge in [0.05, 0.1) is 11.7 Å². The van der Waals surface area contributed by atoms with Gasteiger partial charge in [0.15, 0.2) is 5.96 Å². The zero-order chi connectivity index (χ0) is 38.9. The zero-order valence-electron chi connectivity index (χ0n) is 31.4. The topological polar surface area (TPSA) is 153 Å². The molecule has 0 fully saturated rings. The van der Waals surface area contributed by atoms with Gasteiger partial charge in [-0.1, -0.05) is 65.8 Å². The molecular weight excluding hydrogens is 686 g/mol. The summed E-state index contributed by atoms with van der Waals surface area (Å²) < 4.78 is 39.4. The summed E-state index contributed by atoms with van der Waals surface area (Å²) in [6.07, 6.45) is 7.02. The third-order valence-electron chi connectivity index (χ3n) is 8.27. The predicted octanol–water partition coefficient (Wildman–Crippen LogP) is 7.76. The number of benzene rings is 2. The van der Waals surface area contributed by atoms with Gasteiger partial charge in [0.25, 0.3) is 0 Å². The van der Waals surface area contributed by atoms with Crippen molar-refractivity contribution < 1.29 is 13.2 Å². The van der Waals surface area contributed by atoms with E-state index in [1.54, 1.807) is 16.7 Å². The molecule has 0 amide bonds. The summed E-state index contributed by atoms with van der Waals surface area (Å²) in [5.41, 5.74) is 17.0. The molecule has 0 aliphatic carbocycles. The van der Waals surface area contributed by atoms with Crippen LogP contribution in [0, 0.1) is 0 Å². The maximum Gasteiger partial charge on any atom is 0.446 e. The molecule has 284 valence electrons. The number of nitrogens with zero attached hydrogens (tertiary/aromatic N) is 3. The fraction of sp³-hybridized carbons (Fsp3) is 0.462. The molecule has 9 nitrogen and oxygen atoms in total. The highest BCUT2D eigenvalue weighted by Crippen LogP contribution is 2.39. The molecule has 0 aliphatic heterocycles. The number of nitrogens with one attached hydrogen (secondary N) is 2. The van der Waals surface area contributed by atoms with Gasteiger partial charge in [0.1, 0.15) is 5.65 Å². The number of thioether (sulfide) groups is 1. The molecule has 13 heteroatoms. The highest BCUT2D eigenvalue weighted by atomic mass is 32.2. The summed E-state index contributed by atoms with van der Waals surface area (Å²) in [5.74, 6) is 0.105. The number of guanidine groups is 1. The number of hydrogen-bond acceptors (Lipinski definition) is 6. The van der Waals surface area contributed by atoms with Gasteiger partial charge in [-0.05, 0) is 103 Å². The Morgan fingerprint density at radius 2 is 1.71 bits per heavy atom. The molecule has 0 aliphatic rings. The maximum absolute atomic E-state index is 12.6. The van der Waals surface area contributed by atoms with Crippen LogP contribution in [0.15, 0.2) is 82.1 Å². The second-order valence-corrected chi connectivity index (χ2v) is 16.2. The Morgan fingerprint density at radius 1 is 1.04 bits per heavy atom. The van der Waals surface area contributed by atoms with Gasteiger partial charge in [-0.3, -0.25) is 9.56 Å². The summed E-state index contributed by atoms with van der Waals surface area (Å²) in [4.78, 5) is 24.3. The van der Waals surface area contributed by atoms with Gasteiger partial charge in [-0.2, -0.15) is 18.2 Å². The minimum absolute atomic E-state index is 0.00963. The summed E-state index contributed by atoms with van der Waals surface area (Å²) in [7, 11) is 0. The van der Waals surface area contributed by atoms with E-state index in [1.807, 2.05) is 76.4 Å².